The Balaban J connectivity index is 1.79. The summed E-state index contributed by atoms with van der Waals surface area (Å²) in [5, 5.41) is 0. The van der Waals surface area contributed by atoms with E-state index in [2.05, 4.69) is 0 Å². The average Bonchev–Trinajstić information content (AvgIpc) is 2.61. The molecule has 0 saturated heterocycles. The van der Waals surface area contributed by atoms with E-state index in [0.29, 0.717) is 12.3 Å². The zero-order chi connectivity index (χ0) is 19.2. The predicted molar refractivity (Wildman–Crippen MR) is 97.4 cm³/mol. The zero-order valence-electron chi connectivity index (χ0n) is 14.8. The molecule has 0 heterocycles. The fraction of sp³-hybridized carbons (Fsp3) is 0.316. The normalized spacial score (nSPS) is 11.2. The maximum atomic E-state index is 12.8. The van der Waals surface area contributed by atoms with Gasteiger partial charge in [0.15, 0.2) is 9.84 Å². The van der Waals surface area contributed by atoms with E-state index in [1.807, 2.05) is 6.92 Å². The van der Waals surface area contributed by atoms with Gasteiger partial charge in [0.25, 0.3) is 0 Å². The quantitative estimate of drug-likeness (QED) is 0.708. The van der Waals surface area contributed by atoms with Gasteiger partial charge in [0.2, 0.25) is 5.91 Å². The number of amides is 1. The molecule has 0 unspecified atom stereocenters. The van der Waals surface area contributed by atoms with Crippen LogP contribution in [0.4, 0.5) is 4.39 Å². The third-order valence-electron chi connectivity index (χ3n) is 3.90. The van der Waals surface area contributed by atoms with E-state index < -0.39 is 9.84 Å². The second-order valence-electron chi connectivity index (χ2n) is 6.00. The Hall–Kier alpha value is -2.41. The first-order chi connectivity index (χ1) is 12.3. The van der Waals surface area contributed by atoms with Gasteiger partial charge in [0.05, 0.1) is 17.2 Å². The molecule has 2 rings (SSSR count). The van der Waals surface area contributed by atoms with E-state index in [9.17, 15) is 17.6 Å². The summed E-state index contributed by atoms with van der Waals surface area (Å²) in [6.07, 6.45) is -0.0940. The van der Waals surface area contributed by atoms with E-state index in [0.717, 1.165) is 5.56 Å². The van der Waals surface area contributed by atoms with Gasteiger partial charge in [-0.05, 0) is 43.3 Å². The van der Waals surface area contributed by atoms with Crippen molar-refractivity contribution in [1.82, 2.24) is 4.90 Å². The van der Waals surface area contributed by atoms with E-state index >= 15 is 0 Å². The van der Waals surface area contributed by atoms with Gasteiger partial charge in [-0.2, -0.15) is 0 Å². The summed E-state index contributed by atoms with van der Waals surface area (Å²) < 4.78 is 42.8. The highest BCUT2D eigenvalue weighted by molar-refractivity contribution is 7.91. The van der Waals surface area contributed by atoms with Crippen molar-refractivity contribution >= 4 is 15.7 Å². The minimum absolute atomic E-state index is 0.0940. The number of nitrogens with zero attached hydrogens (tertiary/aromatic N) is 1. The largest absolute Gasteiger partial charge is 0.492 e. The molecular formula is C19H22FNO4S. The molecule has 0 fully saturated rings. The summed E-state index contributed by atoms with van der Waals surface area (Å²) in [7, 11) is -1.90. The molecule has 0 aliphatic carbocycles. The van der Waals surface area contributed by atoms with Gasteiger partial charge >= 0.3 is 0 Å². The van der Waals surface area contributed by atoms with Gasteiger partial charge < -0.3 is 9.64 Å². The van der Waals surface area contributed by atoms with Crippen molar-refractivity contribution in [1.29, 1.82) is 0 Å². The molecule has 0 aliphatic heterocycles. The number of carbonyl (C=O) groups excluding carboxylic acids is 1. The molecule has 1 amide bonds. The smallest absolute Gasteiger partial charge is 0.223 e. The second-order valence-corrected chi connectivity index (χ2v) is 8.11. The molecule has 5 nitrogen and oxygen atoms in total. The van der Waals surface area contributed by atoms with Crippen molar-refractivity contribution in [2.24, 2.45) is 0 Å². The fourth-order valence-corrected chi connectivity index (χ4v) is 3.46. The number of likely N-dealkylation sites (N-methyl/N-ethyl adjacent to an activating group) is 1. The highest BCUT2D eigenvalue weighted by Gasteiger charge is 2.18. The lowest BCUT2D eigenvalue weighted by Crippen LogP contribution is -2.32. The summed E-state index contributed by atoms with van der Waals surface area (Å²) in [6, 6.07) is 12.2. The van der Waals surface area contributed by atoms with Crippen LogP contribution < -0.4 is 4.74 Å². The van der Waals surface area contributed by atoms with E-state index in [4.69, 9.17) is 4.74 Å². The molecule has 2 aromatic carbocycles. The predicted octanol–water partition coefficient (Wildman–Crippen LogP) is 2.84. The number of hydrogen-bond donors (Lipinski definition) is 0. The number of rotatable bonds is 8. The molecule has 26 heavy (non-hydrogen) atoms. The highest BCUT2D eigenvalue weighted by Crippen LogP contribution is 2.14. The number of benzene rings is 2. The van der Waals surface area contributed by atoms with Gasteiger partial charge in [-0.15, -0.1) is 0 Å². The minimum Gasteiger partial charge on any atom is -0.492 e. The van der Waals surface area contributed by atoms with Crippen LogP contribution in [0.5, 0.6) is 5.75 Å². The maximum absolute atomic E-state index is 12.8. The first-order valence-electron chi connectivity index (χ1n) is 8.20. The van der Waals surface area contributed by atoms with Gasteiger partial charge in [-0.25, -0.2) is 12.8 Å². The Morgan fingerprint density at radius 2 is 1.69 bits per heavy atom. The standard InChI is InChI=1S/C19H22FNO4S/c1-15-3-9-18(10-4-15)26(23,24)14-11-19(22)21(2)12-13-25-17-7-5-16(20)6-8-17/h3-10H,11-14H2,1-2H3. The number of carbonyl (C=O) groups is 1. The lowest BCUT2D eigenvalue weighted by molar-refractivity contribution is -0.129. The summed E-state index contributed by atoms with van der Waals surface area (Å²) in [5.41, 5.74) is 0.973. The first kappa shape index (κ1) is 19.9. The zero-order valence-corrected chi connectivity index (χ0v) is 15.6. The molecule has 0 saturated carbocycles. The Bertz CT molecular complexity index is 833. The van der Waals surface area contributed by atoms with Crippen LogP contribution in [0.25, 0.3) is 0 Å². The Morgan fingerprint density at radius 3 is 2.31 bits per heavy atom. The summed E-state index contributed by atoms with van der Waals surface area (Å²) in [4.78, 5) is 13.8. The number of halogens is 1. The summed E-state index contributed by atoms with van der Waals surface area (Å²) >= 11 is 0. The van der Waals surface area contributed by atoms with E-state index in [-0.39, 0.29) is 35.4 Å². The van der Waals surface area contributed by atoms with Gasteiger partial charge in [-0.1, -0.05) is 17.7 Å². The van der Waals surface area contributed by atoms with Gasteiger partial charge in [-0.3, -0.25) is 4.79 Å². The molecule has 7 heteroatoms. The van der Waals surface area contributed by atoms with Crippen molar-refractivity contribution < 1.29 is 22.3 Å². The first-order valence-corrected chi connectivity index (χ1v) is 9.85. The molecular weight excluding hydrogens is 357 g/mol. The molecule has 140 valence electrons. The van der Waals surface area contributed by atoms with Crippen LogP contribution >= 0.6 is 0 Å². The van der Waals surface area contributed by atoms with E-state index in [1.165, 1.54) is 29.2 Å². The molecule has 0 atom stereocenters. The lowest BCUT2D eigenvalue weighted by Gasteiger charge is -2.17. The van der Waals surface area contributed by atoms with Crippen LogP contribution in [0.2, 0.25) is 0 Å². The SMILES string of the molecule is Cc1ccc(S(=O)(=O)CCC(=O)N(C)CCOc2ccc(F)cc2)cc1. The topological polar surface area (TPSA) is 63.7 Å². The highest BCUT2D eigenvalue weighted by atomic mass is 32.2. The van der Waals surface area contributed by atoms with Crippen molar-refractivity contribution in [3.63, 3.8) is 0 Å². The van der Waals surface area contributed by atoms with Crippen LogP contribution in [0.15, 0.2) is 53.4 Å². The fourth-order valence-electron chi connectivity index (χ4n) is 2.23. The molecule has 2 aromatic rings. The molecule has 0 radical (unpaired) electrons. The Kier molecular flexibility index (Phi) is 6.74. The maximum Gasteiger partial charge on any atom is 0.223 e. The summed E-state index contributed by atoms with van der Waals surface area (Å²) in [6.45, 7) is 2.42. The number of aryl methyl sites for hydroxylation is 1. The second kappa shape index (κ2) is 8.80. The van der Waals surface area contributed by atoms with Crippen molar-refractivity contribution in [2.75, 3.05) is 26.0 Å². The molecule has 0 N–H and O–H groups in total. The molecule has 0 aromatic heterocycles. The van der Waals surface area contributed by atoms with Gasteiger partial charge in [0, 0.05) is 13.5 Å². The van der Waals surface area contributed by atoms with Crippen molar-refractivity contribution in [3.05, 3.63) is 59.9 Å². The molecule has 0 bridgehead atoms. The monoisotopic (exact) mass is 379 g/mol. The van der Waals surface area contributed by atoms with Crippen LogP contribution in [-0.2, 0) is 14.6 Å². The summed E-state index contributed by atoms with van der Waals surface area (Å²) in [5.74, 6) is -0.352. The number of hydrogen-bond acceptors (Lipinski definition) is 4. The minimum atomic E-state index is -3.49. The van der Waals surface area contributed by atoms with E-state index in [1.54, 1.807) is 31.3 Å². The lowest BCUT2D eigenvalue weighted by atomic mass is 10.2. The van der Waals surface area contributed by atoms with Crippen molar-refractivity contribution in [3.8, 4) is 5.75 Å². The number of ether oxygens (including phenoxy) is 1. The van der Waals surface area contributed by atoms with Crippen LogP contribution in [-0.4, -0.2) is 45.2 Å². The Labute approximate surface area is 153 Å². The van der Waals surface area contributed by atoms with Crippen LogP contribution in [0, 0.1) is 12.7 Å². The third-order valence-corrected chi connectivity index (χ3v) is 5.63. The Morgan fingerprint density at radius 1 is 1.08 bits per heavy atom. The molecule has 0 spiro atoms. The van der Waals surface area contributed by atoms with Crippen LogP contribution in [0.1, 0.15) is 12.0 Å². The average molecular weight is 379 g/mol. The van der Waals surface area contributed by atoms with Crippen LogP contribution in [0.3, 0.4) is 0 Å². The molecule has 0 aliphatic rings. The van der Waals surface area contributed by atoms with Crippen molar-refractivity contribution in [2.45, 2.75) is 18.2 Å². The third kappa shape index (κ3) is 5.84. The number of sulfone groups is 1. The van der Waals surface area contributed by atoms with Gasteiger partial charge in [0.1, 0.15) is 18.2 Å².